The summed E-state index contributed by atoms with van der Waals surface area (Å²) in [6.07, 6.45) is 5.29. The average molecular weight is 268 g/mol. The van der Waals surface area contributed by atoms with Gasteiger partial charge in [0, 0.05) is 25.1 Å². The summed E-state index contributed by atoms with van der Waals surface area (Å²) in [5, 5.41) is 11.0. The number of thiazole rings is 1. The molecule has 3 rings (SSSR count). The summed E-state index contributed by atoms with van der Waals surface area (Å²) in [5.74, 6) is 0. The highest BCUT2D eigenvalue weighted by Gasteiger charge is 2.27. The third-order valence-electron chi connectivity index (χ3n) is 3.90. The number of piperidine rings is 1. The van der Waals surface area contributed by atoms with E-state index in [2.05, 4.69) is 9.88 Å². The van der Waals surface area contributed by atoms with Gasteiger partial charge >= 0.3 is 0 Å². The summed E-state index contributed by atoms with van der Waals surface area (Å²) in [4.78, 5) is 8.26. The van der Waals surface area contributed by atoms with Crippen molar-refractivity contribution in [2.75, 3.05) is 25.1 Å². The topological polar surface area (TPSA) is 45.6 Å². The monoisotopic (exact) mass is 268 g/mol. The summed E-state index contributed by atoms with van der Waals surface area (Å²) in [5.41, 5.74) is 0.931. The number of hydrogen-bond acceptors (Lipinski definition) is 5. The molecular formula is C13H20N2O2S. The second-order valence-electron chi connectivity index (χ2n) is 5.16. The number of aliphatic hydroxyl groups is 1. The number of aromatic nitrogens is 1. The maximum Gasteiger partial charge on any atom is 0.185 e. The minimum atomic E-state index is -0.346. The molecule has 0 spiro atoms. The largest absolute Gasteiger partial charge is 0.387 e. The van der Waals surface area contributed by atoms with Crippen molar-refractivity contribution in [2.45, 2.75) is 44.3 Å². The van der Waals surface area contributed by atoms with E-state index in [-0.39, 0.29) is 6.10 Å². The van der Waals surface area contributed by atoms with Crippen LogP contribution in [0, 0.1) is 0 Å². The van der Waals surface area contributed by atoms with Crippen LogP contribution in [0.5, 0.6) is 0 Å². The van der Waals surface area contributed by atoms with Crippen LogP contribution >= 0.6 is 11.3 Å². The molecule has 5 heteroatoms. The lowest BCUT2D eigenvalue weighted by molar-refractivity contribution is 0.0893. The normalized spacial score (nSPS) is 28.2. The summed E-state index contributed by atoms with van der Waals surface area (Å²) < 4.78 is 5.45. The predicted molar refractivity (Wildman–Crippen MR) is 72.3 cm³/mol. The minimum absolute atomic E-state index is 0.324. The highest BCUT2D eigenvalue weighted by molar-refractivity contribution is 7.15. The smallest absolute Gasteiger partial charge is 0.185 e. The number of nitrogens with zero attached hydrogens (tertiary/aromatic N) is 2. The van der Waals surface area contributed by atoms with Crippen molar-refractivity contribution in [2.24, 2.45) is 0 Å². The number of anilines is 1. The number of fused-ring (bicyclic) bond motifs is 1. The fourth-order valence-electron chi connectivity index (χ4n) is 2.82. The van der Waals surface area contributed by atoms with Gasteiger partial charge in [-0.15, -0.1) is 11.3 Å². The standard InChI is InChI=1S/C13H20N2O2S/c1-17-9-4-3-7-15(8-9)13-14-12-10(16)5-2-6-11(12)18-13/h9-10,16H,2-8H2,1H3. The first-order valence-electron chi connectivity index (χ1n) is 6.73. The fourth-order valence-corrected chi connectivity index (χ4v) is 4.01. The first-order valence-corrected chi connectivity index (χ1v) is 7.55. The molecule has 18 heavy (non-hydrogen) atoms. The number of ether oxygens (including phenoxy) is 1. The molecule has 2 unspecified atom stereocenters. The van der Waals surface area contributed by atoms with Crippen molar-refractivity contribution in [3.63, 3.8) is 0 Å². The second kappa shape index (κ2) is 5.15. The SMILES string of the molecule is COC1CCCN(c2nc3c(s2)CCCC3O)C1. The quantitative estimate of drug-likeness (QED) is 0.892. The van der Waals surface area contributed by atoms with Gasteiger partial charge in [0.15, 0.2) is 5.13 Å². The molecule has 1 saturated heterocycles. The molecule has 0 aromatic carbocycles. The maximum atomic E-state index is 9.97. The molecule has 1 aromatic rings. The molecule has 1 fully saturated rings. The van der Waals surface area contributed by atoms with E-state index < -0.39 is 0 Å². The second-order valence-corrected chi connectivity index (χ2v) is 6.22. The highest BCUT2D eigenvalue weighted by Crippen LogP contribution is 2.37. The van der Waals surface area contributed by atoms with Gasteiger partial charge in [0.1, 0.15) is 0 Å². The van der Waals surface area contributed by atoms with Gasteiger partial charge in [-0.25, -0.2) is 4.98 Å². The van der Waals surface area contributed by atoms with Gasteiger partial charge in [-0.2, -0.15) is 0 Å². The third-order valence-corrected chi connectivity index (χ3v) is 5.09. The van der Waals surface area contributed by atoms with E-state index in [0.717, 1.165) is 56.0 Å². The Hall–Kier alpha value is -0.650. The van der Waals surface area contributed by atoms with Gasteiger partial charge in [-0.05, 0) is 32.1 Å². The van der Waals surface area contributed by atoms with Crippen molar-refractivity contribution < 1.29 is 9.84 Å². The van der Waals surface area contributed by atoms with E-state index in [0.29, 0.717) is 6.10 Å². The lowest BCUT2D eigenvalue weighted by Crippen LogP contribution is -2.39. The van der Waals surface area contributed by atoms with Crippen LogP contribution in [0.3, 0.4) is 0 Å². The van der Waals surface area contributed by atoms with Gasteiger partial charge in [-0.3, -0.25) is 0 Å². The van der Waals surface area contributed by atoms with Crippen LogP contribution in [0.15, 0.2) is 0 Å². The van der Waals surface area contributed by atoms with Crippen LogP contribution in [-0.2, 0) is 11.2 Å². The van der Waals surface area contributed by atoms with E-state index in [9.17, 15) is 5.11 Å². The number of hydrogen-bond donors (Lipinski definition) is 1. The zero-order chi connectivity index (χ0) is 12.5. The van der Waals surface area contributed by atoms with Crippen LogP contribution in [0.2, 0.25) is 0 Å². The minimum Gasteiger partial charge on any atom is -0.387 e. The Morgan fingerprint density at radius 3 is 3.06 bits per heavy atom. The van der Waals surface area contributed by atoms with Crippen molar-refractivity contribution in [1.29, 1.82) is 0 Å². The van der Waals surface area contributed by atoms with Gasteiger partial charge in [0.25, 0.3) is 0 Å². The van der Waals surface area contributed by atoms with Crippen LogP contribution < -0.4 is 4.90 Å². The molecule has 2 atom stereocenters. The lowest BCUT2D eigenvalue weighted by atomic mass is 10.0. The number of aryl methyl sites for hydroxylation is 1. The molecule has 1 aliphatic carbocycles. The van der Waals surface area contributed by atoms with Crippen molar-refractivity contribution in [3.05, 3.63) is 10.6 Å². The average Bonchev–Trinajstić information content (AvgIpc) is 2.84. The van der Waals surface area contributed by atoms with Crippen LogP contribution in [0.25, 0.3) is 0 Å². The molecule has 0 bridgehead atoms. The molecule has 0 saturated carbocycles. The van der Waals surface area contributed by atoms with Crippen LogP contribution in [-0.4, -0.2) is 36.4 Å². The Labute approximate surface area is 112 Å². The van der Waals surface area contributed by atoms with E-state index >= 15 is 0 Å². The van der Waals surface area contributed by atoms with Gasteiger partial charge in [-0.1, -0.05) is 0 Å². The van der Waals surface area contributed by atoms with Crippen molar-refractivity contribution in [3.8, 4) is 0 Å². The highest BCUT2D eigenvalue weighted by atomic mass is 32.1. The predicted octanol–water partition coefficient (Wildman–Crippen LogP) is 2.13. The molecule has 0 radical (unpaired) electrons. The van der Waals surface area contributed by atoms with Gasteiger partial charge in [0.05, 0.1) is 17.9 Å². The summed E-state index contributed by atoms with van der Waals surface area (Å²) >= 11 is 1.76. The van der Waals surface area contributed by atoms with E-state index in [1.807, 2.05) is 0 Å². The molecule has 1 N–H and O–H groups in total. The molecule has 4 nitrogen and oxygen atoms in total. The Kier molecular flexibility index (Phi) is 3.54. The van der Waals surface area contributed by atoms with E-state index in [4.69, 9.17) is 4.74 Å². The zero-order valence-corrected chi connectivity index (χ0v) is 11.6. The molecule has 1 aliphatic heterocycles. The zero-order valence-electron chi connectivity index (χ0n) is 10.8. The van der Waals surface area contributed by atoms with Gasteiger partial charge < -0.3 is 14.7 Å². The van der Waals surface area contributed by atoms with E-state index in [1.54, 1.807) is 18.4 Å². The number of methoxy groups -OCH3 is 1. The third kappa shape index (κ3) is 2.27. The van der Waals surface area contributed by atoms with Crippen molar-refractivity contribution >= 4 is 16.5 Å². The Balaban J connectivity index is 1.80. The number of rotatable bonds is 2. The Bertz CT molecular complexity index is 421. The summed E-state index contributed by atoms with van der Waals surface area (Å²) in [6, 6.07) is 0. The lowest BCUT2D eigenvalue weighted by Gasteiger charge is -2.31. The number of aliphatic hydroxyl groups excluding tert-OH is 1. The molecule has 100 valence electrons. The summed E-state index contributed by atoms with van der Waals surface area (Å²) in [7, 11) is 1.78. The molecule has 2 aliphatic rings. The van der Waals surface area contributed by atoms with E-state index in [1.165, 1.54) is 4.88 Å². The maximum absolute atomic E-state index is 9.97. The van der Waals surface area contributed by atoms with Crippen LogP contribution in [0.4, 0.5) is 5.13 Å². The Morgan fingerprint density at radius 2 is 2.28 bits per heavy atom. The summed E-state index contributed by atoms with van der Waals surface area (Å²) in [6.45, 7) is 1.99. The first-order chi connectivity index (χ1) is 8.78. The molecule has 2 heterocycles. The van der Waals surface area contributed by atoms with Gasteiger partial charge in [0.2, 0.25) is 0 Å². The van der Waals surface area contributed by atoms with Crippen LogP contribution in [0.1, 0.15) is 42.4 Å². The fraction of sp³-hybridized carbons (Fsp3) is 0.769. The van der Waals surface area contributed by atoms with Crippen molar-refractivity contribution in [1.82, 2.24) is 4.98 Å². The molecule has 0 amide bonds. The molecular weight excluding hydrogens is 248 g/mol. The Morgan fingerprint density at radius 1 is 1.39 bits per heavy atom. The first kappa shape index (κ1) is 12.4. The molecule has 1 aromatic heterocycles.